The van der Waals surface area contributed by atoms with Crippen molar-refractivity contribution in [2.75, 3.05) is 20.2 Å². The van der Waals surface area contributed by atoms with Gasteiger partial charge in [-0.05, 0) is 44.4 Å². The van der Waals surface area contributed by atoms with Gasteiger partial charge in [-0.3, -0.25) is 0 Å². The van der Waals surface area contributed by atoms with Crippen molar-refractivity contribution in [3.8, 4) is 5.88 Å². The monoisotopic (exact) mass is 316 g/mol. The van der Waals surface area contributed by atoms with Crippen molar-refractivity contribution in [3.05, 3.63) is 36.0 Å². The van der Waals surface area contributed by atoms with Crippen molar-refractivity contribution in [2.45, 2.75) is 32.8 Å². The quantitative estimate of drug-likeness (QED) is 0.852. The maximum Gasteiger partial charge on any atom is 0.410 e. The van der Waals surface area contributed by atoms with Gasteiger partial charge >= 0.3 is 6.09 Å². The van der Waals surface area contributed by atoms with Crippen LogP contribution in [-0.4, -0.2) is 41.8 Å². The van der Waals surface area contributed by atoms with Gasteiger partial charge in [0, 0.05) is 24.8 Å². The minimum Gasteiger partial charge on any atom is -0.481 e. The Hall–Kier alpha value is -2.30. The van der Waals surface area contributed by atoms with Crippen molar-refractivity contribution < 1.29 is 14.3 Å². The molecule has 124 valence electrons. The number of hydrogen-bond acceptors (Lipinski definition) is 4. The van der Waals surface area contributed by atoms with Crippen LogP contribution in [0.3, 0.4) is 0 Å². The normalized spacial score (nSPS) is 15.0. The van der Waals surface area contributed by atoms with E-state index in [-0.39, 0.29) is 6.09 Å². The van der Waals surface area contributed by atoms with E-state index < -0.39 is 5.60 Å². The molecule has 0 spiro atoms. The Morgan fingerprint density at radius 1 is 1.43 bits per heavy atom. The molecular formula is C18H24N2O3. The molecule has 0 unspecified atom stereocenters. The zero-order valence-corrected chi connectivity index (χ0v) is 14.3. The molecule has 1 aliphatic heterocycles. The summed E-state index contributed by atoms with van der Waals surface area (Å²) in [4.78, 5) is 18.3. The number of carbonyl (C=O) groups is 1. The van der Waals surface area contributed by atoms with E-state index in [2.05, 4.69) is 17.6 Å². The van der Waals surface area contributed by atoms with Gasteiger partial charge in [0.15, 0.2) is 0 Å². The van der Waals surface area contributed by atoms with Gasteiger partial charge in [0.2, 0.25) is 5.88 Å². The van der Waals surface area contributed by atoms with E-state index in [4.69, 9.17) is 9.47 Å². The SMILES string of the molecule is C=Cc1cc(C2=CCCN(C(=O)OC(C)(C)C)C2)cnc1OC. The molecule has 1 amide bonds. The Morgan fingerprint density at radius 2 is 2.17 bits per heavy atom. The van der Waals surface area contributed by atoms with E-state index in [1.165, 1.54) is 0 Å². The van der Waals surface area contributed by atoms with Crippen molar-refractivity contribution in [2.24, 2.45) is 0 Å². The first-order valence-corrected chi connectivity index (χ1v) is 7.68. The molecule has 23 heavy (non-hydrogen) atoms. The Morgan fingerprint density at radius 3 is 2.78 bits per heavy atom. The summed E-state index contributed by atoms with van der Waals surface area (Å²) in [5.74, 6) is 0.546. The second kappa shape index (κ2) is 6.86. The number of carbonyl (C=O) groups excluding carboxylic acids is 1. The molecule has 0 saturated heterocycles. The third kappa shape index (κ3) is 4.34. The summed E-state index contributed by atoms with van der Waals surface area (Å²) in [7, 11) is 1.58. The van der Waals surface area contributed by atoms with Gasteiger partial charge in [0.05, 0.1) is 7.11 Å². The van der Waals surface area contributed by atoms with E-state index in [9.17, 15) is 4.79 Å². The molecule has 2 rings (SSSR count). The second-order valence-electron chi connectivity index (χ2n) is 6.45. The van der Waals surface area contributed by atoms with Crippen LogP contribution in [0.1, 0.15) is 38.3 Å². The maximum atomic E-state index is 12.2. The Balaban J connectivity index is 2.17. The molecule has 0 saturated carbocycles. The Labute approximate surface area is 137 Å². The number of methoxy groups -OCH3 is 1. The van der Waals surface area contributed by atoms with E-state index in [0.29, 0.717) is 19.0 Å². The van der Waals surface area contributed by atoms with E-state index in [1.807, 2.05) is 26.8 Å². The van der Waals surface area contributed by atoms with Gasteiger partial charge in [0.25, 0.3) is 0 Å². The number of rotatable bonds is 3. The van der Waals surface area contributed by atoms with E-state index >= 15 is 0 Å². The summed E-state index contributed by atoms with van der Waals surface area (Å²) in [5, 5.41) is 0. The van der Waals surface area contributed by atoms with Crippen molar-refractivity contribution >= 4 is 17.7 Å². The van der Waals surface area contributed by atoms with Crippen LogP contribution < -0.4 is 4.74 Å². The fraction of sp³-hybridized carbons (Fsp3) is 0.444. The minimum absolute atomic E-state index is 0.284. The lowest BCUT2D eigenvalue weighted by atomic mass is 10.0. The van der Waals surface area contributed by atoms with Gasteiger partial charge in [-0.15, -0.1) is 0 Å². The van der Waals surface area contributed by atoms with Crippen LogP contribution in [0.5, 0.6) is 5.88 Å². The highest BCUT2D eigenvalue weighted by molar-refractivity contribution is 5.76. The van der Waals surface area contributed by atoms with Crippen LogP contribution in [0.15, 0.2) is 24.9 Å². The summed E-state index contributed by atoms with van der Waals surface area (Å²) in [6.07, 6.45) is 6.12. The van der Waals surface area contributed by atoms with Gasteiger partial charge in [0.1, 0.15) is 5.60 Å². The predicted octanol–water partition coefficient (Wildman–Crippen LogP) is 3.76. The number of aromatic nitrogens is 1. The summed E-state index contributed by atoms with van der Waals surface area (Å²) < 4.78 is 10.7. The molecule has 5 heteroatoms. The largest absolute Gasteiger partial charge is 0.481 e. The van der Waals surface area contributed by atoms with Crippen molar-refractivity contribution in [1.29, 1.82) is 0 Å². The number of nitrogens with zero attached hydrogens (tertiary/aromatic N) is 2. The third-order valence-corrected chi connectivity index (χ3v) is 3.47. The molecule has 0 aromatic carbocycles. The number of pyridine rings is 1. The second-order valence-corrected chi connectivity index (χ2v) is 6.45. The average Bonchev–Trinajstić information content (AvgIpc) is 2.52. The number of hydrogen-bond donors (Lipinski definition) is 0. The van der Waals surface area contributed by atoms with E-state index in [1.54, 1.807) is 24.3 Å². The summed E-state index contributed by atoms with van der Waals surface area (Å²) >= 11 is 0. The lowest BCUT2D eigenvalue weighted by Crippen LogP contribution is -2.39. The highest BCUT2D eigenvalue weighted by Crippen LogP contribution is 2.26. The summed E-state index contributed by atoms with van der Waals surface area (Å²) in [6, 6.07) is 1.98. The lowest BCUT2D eigenvalue weighted by Gasteiger charge is -2.30. The average molecular weight is 316 g/mol. The smallest absolute Gasteiger partial charge is 0.410 e. The van der Waals surface area contributed by atoms with Crippen LogP contribution in [0.4, 0.5) is 4.79 Å². The summed E-state index contributed by atoms with van der Waals surface area (Å²) in [6.45, 7) is 10.6. The van der Waals surface area contributed by atoms with Gasteiger partial charge in [-0.25, -0.2) is 9.78 Å². The highest BCUT2D eigenvalue weighted by atomic mass is 16.6. The van der Waals surface area contributed by atoms with Crippen LogP contribution in [0.25, 0.3) is 11.6 Å². The first-order valence-electron chi connectivity index (χ1n) is 7.68. The molecular weight excluding hydrogens is 292 g/mol. The fourth-order valence-electron chi connectivity index (χ4n) is 2.40. The zero-order chi connectivity index (χ0) is 17.0. The molecule has 2 heterocycles. The van der Waals surface area contributed by atoms with Crippen molar-refractivity contribution in [1.82, 2.24) is 9.88 Å². The molecule has 0 aliphatic carbocycles. The van der Waals surface area contributed by atoms with Crippen molar-refractivity contribution in [3.63, 3.8) is 0 Å². The van der Waals surface area contributed by atoms with Crippen LogP contribution >= 0.6 is 0 Å². The molecule has 0 atom stereocenters. The van der Waals surface area contributed by atoms with Crippen LogP contribution in [0, 0.1) is 0 Å². The molecule has 0 N–H and O–H groups in total. The Bertz CT molecular complexity index is 630. The zero-order valence-electron chi connectivity index (χ0n) is 14.3. The standard InChI is InChI=1S/C18H24N2O3/c1-6-13-10-15(11-19-16(13)22-5)14-8-7-9-20(12-14)17(21)23-18(2,3)4/h6,8,10-11H,1,7,9,12H2,2-5H3. The van der Waals surface area contributed by atoms with Crippen LogP contribution in [0.2, 0.25) is 0 Å². The van der Waals surface area contributed by atoms with Gasteiger partial charge < -0.3 is 14.4 Å². The molecule has 1 aromatic heterocycles. The van der Waals surface area contributed by atoms with Gasteiger partial charge in [-0.1, -0.05) is 18.7 Å². The minimum atomic E-state index is -0.490. The topological polar surface area (TPSA) is 51.7 Å². The first-order chi connectivity index (χ1) is 10.8. The number of ether oxygens (including phenoxy) is 2. The first kappa shape index (κ1) is 17.1. The molecule has 0 radical (unpaired) electrons. The molecule has 1 aromatic rings. The lowest BCUT2D eigenvalue weighted by molar-refractivity contribution is 0.0273. The predicted molar refractivity (Wildman–Crippen MR) is 91.3 cm³/mol. The van der Waals surface area contributed by atoms with Crippen LogP contribution in [-0.2, 0) is 4.74 Å². The molecule has 0 bridgehead atoms. The maximum absolute atomic E-state index is 12.2. The third-order valence-electron chi connectivity index (χ3n) is 3.47. The molecule has 1 aliphatic rings. The Kier molecular flexibility index (Phi) is 5.08. The van der Waals surface area contributed by atoms with E-state index in [0.717, 1.165) is 23.1 Å². The van der Waals surface area contributed by atoms with Gasteiger partial charge in [-0.2, -0.15) is 0 Å². The molecule has 5 nitrogen and oxygen atoms in total. The molecule has 0 fully saturated rings. The highest BCUT2D eigenvalue weighted by Gasteiger charge is 2.25. The fourth-order valence-corrected chi connectivity index (χ4v) is 2.40. The number of amides is 1. The summed E-state index contributed by atoms with van der Waals surface area (Å²) in [5.41, 5.74) is 2.37.